The van der Waals surface area contributed by atoms with Gasteiger partial charge in [-0.25, -0.2) is 4.79 Å². The van der Waals surface area contributed by atoms with Crippen molar-refractivity contribution in [2.45, 2.75) is 13.0 Å². The molecule has 3 rings (SSSR count). The van der Waals surface area contributed by atoms with Crippen LogP contribution in [0.3, 0.4) is 0 Å². The Kier molecular flexibility index (Phi) is 5.11. The number of carboxylic acids is 1. The Morgan fingerprint density at radius 3 is 2.40 bits per heavy atom. The molecule has 0 saturated heterocycles. The summed E-state index contributed by atoms with van der Waals surface area (Å²) >= 11 is 0. The van der Waals surface area contributed by atoms with Gasteiger partial charge >= 0.3 is 12.1 Å². The summed E-state index contributed by atoms with van der Waals surface area (Å²) in [5.41, 5.74) is -1.17. The zero-order valence-electron chi connectivity index (χ0n) is 15.2. The topological polar surface area (TPSA) is 187 Å². The summed E-state index contributed by atoms with van der Waals surface area (Å²) in [6.07, 6.45) is -1.13. The molecule has 0 spiro atoms. The molecule has 0 unspecified atom stereocenters. The normalized spacial score (nSPS) is 11.8. The number of hydrogen-bond donors (Lipinski definition) is 6. The molecule has 3 aromatic rings. The number of amides is 1. The predicted molar refractivity (Wildman–Crippen MR) is 101 cm³/mol. The van der Waals surface area contributed by atoms with Gasteiger partial charge in [0.05, 0.1) is 0 Å². The number of rotatable bonds is 4. The molecule has 11 heteroatoms. The zero-order valence-corrected chi connectivity index (χ0v) is 15.2. The van der Waals surface area contributed by atoms with Gasteiger partial charge in [0.25, 0.3) is 0 Å². The lowest BCUT2D eigenvalue weighted by Gasteiger charge is -2.12. The van der Waals surface area contributed by atoms with Crippen LogP contribution in [-0.4, -0.2) is 43.6 Å². The van der Waals surface area contributed by atoms with Crippen molar-refractivity contribution in [2.75, 3.05) is 0 Å². The van der Waals surface area contributed by atoms with E-state index in [1.807, 2.05) is 5.32 Å². The third-order valence-corrected chi connectivity index (χ3v) is 4.06. The van der Waals surface area contributed by atoms with Crippen LogP contribution in [0.2, 0.25) is 0 Å². The molecule has 1 heterocycles. The number of benzene rings is 2. The molecule has 2 aromatic carbocycles. The second-order valence-corrected chi connectivity index (χ2v) is 6.22. The Hall–Kier alpha value is -4.41. The van der Waals surface area contributed by atoms with Crippen LogP contribution >= 0.6 is 0 Å². The zero-order chi connectivity index (χ0) is 22.2. The van der Waals surface area contributed by atoms with E-state index in [1.54, 1.807) is 0 Å². The van der Waals surface area contributed by atoms with Crippen LogP contribution in [0.15, 0.2) is 39.5 Å². The Bertz CT molecular complexity index is 1230. The van der Waals surface area contributed by atoms with Crippen molar-refractivity contribution in [3.8, 4) is 40.1 Å². The molecule has 0 fully saturated rings. The molecule has 0 aliphatic heterocycles. The van der Waals surface area contributed by atoms with E-state index < -0.39 is 40.8 Å². The quantitative estimate of drug-likeness (QED) is 0.366. The Balaban J connectivity index is 1.98. The van der Waals surface area contributed by atoms with E-state index in [9.17, 15) is 34.8 Å². The van der Waals surface area contributed by atoms with Gasteiger partial charge in [0.15, 0.2) is 17.3 Å². The number of aromatic hydroxyl groups is 4. The first-order valence-corrected chi connectivity index (χ1v) is 8.34. The van der Waals surface area contributed by atoms with Gasteiger partial charge in [0.1, 0.15) is 28.5 Å². The van der Waals surface area contributed by atoms with Crippen molar-refractivity contribution in [3.63, 3.8) is 0 Å². The fourth-order valence-electron chi connectivity index (χ4n) is 2.58. The van der Waals surface area contributed by atoms with E-state index in [4.69, 9.17) is 14.3 Å². The molecule has 11 nitrogen and oxygen atoms in total. The van der Waals surface area contributed by atoms with E-state index in [-0.39, 0.29) is 33.8 Å². The maximum Gasteiger partial charge on any atom is 0.413 e. The standard InChI is InChI=1S/C19H15NO10/c1-7(18(26)27)20-19(28)30-12-3-2-8(4-10(12)22)17-16(25)15(24)14-11(23)5-9(21)6-13(14)29-17/h2-7,21-23,25H,1H3,(H,20,28)(H,26,27)/t7-/m0/s1. The summed E-state index contributed by atoms with van der Waals surface area (Å²) in [6, 6.07) is 4.14. The number of carboxylic acid groups (broad SMARTS) is 1. The number of fused-ring (bicyclic) bond motifs is 1. The second kappa shape index (κ2) is 7.54. The minimum atomic E-state index is -1.29. The first-order valence-electron chi connectivity index (χ1n) is 8.34. The van der Waals surface area contributed by atoms with Crippen LogP contribution in [0.1, 0.15) is 6.92 Å². The predicted octanol–water partition coefficient (Wildman–Crippen LogP) is 1.84. The second-order valence-electron chi connectivity index (χ2n) is 6.22. The molecule has 1 atom stereocenters. The van der Waals surface area contributed by atoms with Crippen molar-refractivity contribution in [3.05, 3.63) is 40.6 Å². The molecule has 156 valence electrons. The van der Waals surface area contributed by atoms with Crippen LogP contribution < -0.4 is 15.5 Å². The van der Waals surface area contributed by atoms with Gasteiger partial charge in [-0.3, -0.25) is 9.59 Å². The highest BCUT2D eigenvalue weighted by atomic mass is 16.6. The molecule has 0 radical (unpaired) electrons. The van der Waals surface area contributed by atoms with Crippen LogP contribution in [-0.2, 0) is 4.79 Å². The number of carbonyl (C=O) groups is 2. The monoisotopic (exact) mass is 417 g/mol. The molecular weight excluding hydrogens is 402 g/mol. The van der Waals surface area contributed by atoms with E-state index in [1.165, 1.54) is 13.0 Å². The van der Waals surface area contributed by atoms with Crippen LogP contribution in [0, 0.1) is 0 Å². The highest BCUT2D eigenvalue weighted by molar-refractivity contribution is 5.88. The van der Waals surface area contributed by atoms with E-state index in [2.05, 4.69) is 0 Å². The molecule has 0 aliphatic carbocycles. The molecule has 6 N–H and O–H groups in total. The maximum atomic E-state index is 12.4. The van der Waals surface area contributed by atoms with Crippen molar-refractivity contribution < 1.29 is 44.3 Å². The van der Waals surface area contributed by atoms with Gasteiger partial charge in [-0.15, -0.1) is 0 Å². The highest BCUT2D eigenvalue weighted by Crippen LogP contribution is 2.38. The van der Waals surface area contributed by atoms with Crippen LogP contribution in [0.5, 0.6) is 28.7 Å². The van der Waals surface area contributed by atoms with Crippen molar-refractivity contribution in [1.82, 2.24) is 5.32 Å². The van der Waals surface area contributed by atoms with Gasteiger partial charge < -0.3 is 40.0 Å². The van der Waals surface area contributed by atoms with E-state index in [0.717, 1.165) is 24.3 Å². The van der Waals surface area contributed by atoms with Crippen LogP contribution in [0.25, 0.3) is 22.3 Å². The molecule has 1 amide bonds. The molecule has 0 saturated carbocycles. The smallest absolute Gasteiger partial charge is 0.413 e. The number of ether oxygens (including phenoxy) is 1. The number of phenols is 3. The largest absolute Gasteiger partial charge is 0.508 e. The lowest BCUT2D eigenvalue weighted by molar-refractivity contribution is -0.138. The number of carbonyl (C=O) groups excluding carboxylic acids is 1. The lowest BCUT2D eigenvalue weighted by Crippen LogP contribution is -2.39. The summed E-state index contributed by atoms with van der Waals surface area (Å²) < 4.78 is 10.2. The molecular formula is C19H15NO10. The molecule has 30 heavy (non-hydrogen) atoms. The Labute approximate surface area is 167 Å². The molecule has 1 aromatic heterocycles. The Morgan fingerprint density at radius 1 is 1.07 bits per heavy atom. The van der Waals surface area contributed by atoms with Gasteiger partial charge in [-0.05, 0) is 25.1 Å². The lowest BCUT2D eigenvalue weighted by atomic mass is 10.1. The average Bonchev–Trinajstić information content (AvgIpc) is 2.65. The minimum absolute atomic E-state index is 0.0125. The fraction of sp³-hybridized carbons (Fsp3) is 0.105. The summed E-state index contributed by atoms with van der Waals surface area (Å²) in [5, 5.41) is 50.1. The first-order chi connectivity index (χ1) is 14.1. The van der Waals surface area contributed by atoms with E-state index >= 15 is 0 Å². The molecule has 0 bridgehead atoms. The van der Waals surface area contributed by atoms with E-state index in [0.29, 0.717) is 0 Å². The summed E-state index contributed by atoms with van der Waals surface area (Å²) in [6.45, 7) is 1.21. The molecule has 0 aliphatic rings. The third-order valence-electron chi connectivity index (χ3n) is 4.06. The average molecular weight is 417 g/mol. The van der Waals surface area contributed by atoms with Gasteiger partial charge in [0.2, 0.25) is 11.2 Å². The summed E-state index contributed by atoms with van der Waals surface area (Å²) in [4.78, 5) is 34.8. The van der Waals surface area contributed by atoms with Gasteiger partial charge in [-0.2, -0.15) is 0 Å². The minimum Gasteiger partial charge on any atom is -0.508 e. The summed E-state index contributed by atoms with van der Waals surface area (Å²) in [7, 11) is 0. The number of hydrogen-bond acceptors (Lipinski definition) is 9. The third kappa shape index (κ3) is 3.76. The van der Waals surface area contributed by atoms with Crippen molar-refractivity contribution in [1.29, 1.82) is 0 Å². The van der Waals surface area contributed by atoms with Crippen molar-refractivity contribution >= 4 is 23.0 Å². The SMILES string of the molecule is C[C@H](NC(=O)Oc1ccc(-c2oc3cc(O)cc(O)c3c(=O)c2O)cc1O)C(=O)O. The van der Waals surface area contributed by atoms with Crippen LogP contribution in [0.4, 0.5) is 4.79 Å². The van der Waals surface area contributed by atoms with Gasteiger partial charge in [-0.1, -0.05) is 0 Å². The maximum absolute atomic E-state index is 12.4. The fourth-order valence-corrected chi connectivity index (χ4v) is 2.58. The van der Waals surface area contributed by atoms with Gasteiger partial charge in [0, 0.05) is 17.7 Å². The summed E-state index contributed by atoms with van der Waals surface area (Å²) in [5.74, 6) is -4.39. The number of nitrogens with one attached hydrogen (secondary N) is 1. The Morgan fingerprint density at radius 2 is 1.77 bits per heavy atom. The highest BCUT2D eigenvalue weighted by Gasteiger charge is 2.21. The number of phenolic OH excluding ortho intramolecular Hbond substituents is 3. The number of aliphatic carboxylic acids is 1. The first kappa shape index (κ1) is 20.3. The van der Waals surface area contributed by atoms with Crippen molar-refractivity contribution in [2.24, 2.45) is 0 Å².